The van der Waals surface area contributed by atoms with Gasteiger partial charge in [-0.05, 0) is 45.9 Å². The SMILES string of the molecule is [2H]c1c([2H])c([2H])c(-c2c(C)c(C)c(C)c(-c3c([2H])c([2H])c([2H])c([2H])c3[2H])c2-n2[c](=[Pt])n(-c3cccc(Oc4ccc5c6cc7c(cc6n(-c6cc(C)ccn6)c5c4)C(C)(C)C(C)(C)C7(C)C)c3)c3ccccc32)c([2H])c1[2H]. The number of pyridine rings is 1. The molecule has 5 nitrogen and oxygen atoms in total. The topological polar surface area (TPSA) is 36.9 Å². The molecule has 67 heavy (non-hydrogen) atoms. The Morgan fingerprint density at radius 1 is 0.537 bits per heavy atom. The summed E-state index contributed by atoms with van der Waals surface area (Å²) in [6, 6.07) is 25.5. The van der Waals surface area contributed by atoms with E-state index in [-0.39, 0.29) is 38.5 Å². The Bertz CT molecular complexity index is 4160. The van der Waals surface area contributed by atoms with Gasteiger partial charge in [-0.3, -0.25) is 0 Å². The molecule has 0 radical (unpaired) electrons. The molecule has 0 atom stereocenters. The molecule has 0 saturated carbocycles. The molecule has 0 amide bonds. The summed E-state index contributed by atoms with van der Waals surface area (Å²) in [4.78, 5) is 4.91. The molecule has 0 saturated heterocycles. The van der Waals surface area contributed by atoms with Crippen molar-refractivity contribution in [2.24, 2.45) is 5.41 Å². The van der Waals surface area contributed by atoms with Gasteiger partial charge in [0.1, 0.15) is 0 Å². The standard InChI is InChI=1S/C61H56N4O.Pt/c1-38-30-31-62-55(32-38)65-53-34-46(28-29-47(53)48-35-49-50(36-54(48)65)60(7,8)61(9,10)59(49,5)6)66-45-25-19-24-44(33-45)63-37-64(52-27-18-17-26-51(52)63)58-56(42-20-13-11-14-21-42)40(3)39(2)41(4)57(58)43-22-15-12-16-23-43;/h11-36H,1-10H3;/i11D,12D,13D,14D,15D,16D,20D,21D,22D,23D;. The van der Waals surface area contributed by atoms with Crippen LogP contribution in [0.15, 0.2) is 158 Å². The Kier molecular flexibility index (Phi) is 7.64. The molecule has 1 aliphatic carbocycles. The molecule has 0 fully saturated rings. The van der Waals surface area contributed by atoms with Crippen LogP contribution < -0.4 is 4.74 Å². The molecule has 6 heteroatoms. The van der Waals surface area contributed by atoms with Crippen molar-refractivity contribution in [1.82, 2.24) is 18.7 Å². The third-order valence-corrected chi connectivity index (χ3v) is 16.6. The van der Waals surface area contributed by atoms with E-state index in [2.05, 4.69) is 103 Å². The van der Waals surface area contributed by atoms with Crippen molar-refractivity contribution >= 4 is 32.8 Å². The number of para-hydroxylation sites is 2. The third kappa shape index (κ3) is 6.37. The first-order valence-corrected chi connectivity index (χ1v) is 23.7. The Balaban J connectivity index is 1.13. The van der Waals surface area contributed by atoms with Gasteiger partial charge in [-0.2, -0.15) is 0 Å². The fraction of sp³-hybridized carbons (Fsp3) is 0.213. The molecule has 0 aliphatic heterocycles. The van der Waals surface area contributed by atoms with Crippen LogP contribution in [0.1, 0.15) is 88.6 Å². The number of nitrogens with zero attached hydrogens (tertiary/aromatic N) is 4. The maximum atomic E-state index is 9.32. The number of aryl methyl sites for hydroxylation is 1. The van der Waals surface area contributed by atoms with Crippen molar-refractivity contribution in [3.63, 3.8) is 0 Å². The van der Waals surface area contributed by atoms with Gasteiger partial charge < -0.3 is 0 Å². The van der Waals surface area contributed by atoms with Crippen LogP contribution in [0.5, 0.6) is 11.5 Å². The van der Waals surface area contributed by atoms with Gasteiger partial charge in [-0.15, -0.1) is 0 Å². The first-order valence-electron chi connectivity index (χ1n) is 27.6. The van der Waals surface area contributed by atoms with Crippen LogP contribution in [-0.2, 0) is 30.2 Å². The van der Waals surface area contributed by atoms with Crippen LogP contribution in [-0.4, -0.2) is 18.7 Å². The van der Waals surface area contributed by atoms with E-state index in [4.69, 9.17) is 17.9 Å². The predicted octanol–water partition coefficient (Wildman–Crippen LogP) is 15.9. The molecule has 3 heterocycles. The van der Waals surface area contributed by atoms with E-state index in [1.165, 1.54) is 11.1 Å². The molecule has 0 unspecified atom stereocenters. The number of imidazole rings is 1. The van der Waals surface area contributed by atoms with Crippen LogP contribution in [0, 0.1) is 36.9 Å². The van der Waals surface area contributed by atoms with E-state index in [0.29, 0.717) is 48.9 Å². The molecular weight excluding hydrogens is 1000 g/mol. The summed E-state index contributed by atoms with van der Waals surface area (Å²) < 4.78 is 103. The number of ether oxygens (including phenoxy) is 1. The Morgan fingerprint density at radius 3 is 1.75 bits per heavy atom. The van der Waals surface area contributed by atoms with Gasteiger partial charge in [0.2, 0.25) is 0 Å². The van der Waals surface area contributed by atoms with Crippen LogP contribution >= 0.6 is 0 Å². The second-order valence-corrected chi connectivity index (χ2v) is 20.5. The summed E-state index contributed by atoms with van der Waals surface area (Å²) in [6.45, 7) is 21.7. The number of hydrogen-bond acceptors (Lipinski definition) is 2. The number of benzene rings is 7. The van der Waals surface area contributed by atoms with Gasteiger partial charge >= 0.3 is 327 Å². The van der Waals surface area contributed by atoms with E-state index in [1.807, 2.05) is 96.8 Å². The Hall–Kier alpha value is -6.55. The normalized spacial score (nSPS) is 17.0. The number of fused-ring (bicyclic) bond motifs is 5. The summed E-state index contributed by atoms with van der Waals surface area (Å²) in [5, 5.41) is 2.22. The van der Waals surface area contributed by atoms with Crippen LogP contribution in [0.2, 0.25) is 0 Å². The van der Waals surface area contributed by atoms with E-state index >= 15 is 0 Å². The van der Waals surface area contributed by atoms with Crippen LogP contribution in [0.4, 0.5) is 0 Å². The van der Waals surface area contributed by atoms with Gasteiger partial charge in [0.25, 0.3) is 0 Å². The zero-order chi connectivity index (χ0) is 55.4. The second kappa shape index (κ2) is 15.5. The molecule has 3 aromatic heterocycles. The molecule has 7 aromatic carbocycles. The minimum atomic E-state index is -0.551. The zero-order valence-electron chi connectivity index (χ0n) is 49.3. The van der Waals surface area contributed by atoms with E-state index in [0.717, 1.165) is 38.7 Å². The van der Waals surface area contributed by atoms with Gasteiger partial charge in [0.15, 0.2) is 0 Å². The van der Waals surface area contributed by atoms with Crippen LogP contribution in [0.3, 0.4) is 0 Å². The van der Waals surface area contributed by atoms with Gasteiger partial charge in [0.05, 0.1) is 0 Å². The quantitative estimate of drug-likeness (QED) is 0.159. The molecule has 0 spiro atoms. The Morgan fingerprint density at radius 2 is 1.12 bits per heavy atom. The van der Waals surface area contributed by atoms with Crippen LogP contribution in [0.25, 0.3) is 72.3 Å². The molecule has 0 bridgehead atoms. The van der Waals surface area contributed by atoms with Crippen molar-refractivity contribution in [2.45, 2.75) is 80.1 Å². The van der Waals surface area contributed by atoms with Crippen molar-refractivity contribution in [3.8, 4) is 50.9 Å². The third-order valence-electron chi connectivity index (χ3n) is 15.6. The van der Waals surface area contributed by atoms with E-state index in [1.54, 1.807) is 0 Å². The van der Waals surface area contributed by atoms with Gasteiger partial charge in [-0.1, -0.05) is 41.5 Å². The van der Waals surface area contributed by atoms with E-state index in [9.17, 15) is 5.48 Å². The number of aromatic nitrogens is 4. The average Bonchev–Trinajstić information content (AvgIpc) is 4.08. The second-order valence-electron chi connectivity index (χ2n) is 19.5. The first kappa shape index (κ1) is 33.0. The molecule has 10 aromatic rings. The Labute approximate surface area is 418 Å². The van der Waals surface area contributed by atoms with Gasteiger partial charge in [-0.25, -0.2) is 0 Å². The minimum absolute atomic E-state index is 0.0167. The number of hydrogen-bond donors (Lipinski definition) is 0. The monoisotopic (exact) mass is 1070 g/mol. The molecule has 11 rings (SSSR count). The molecule has 336 valence electrons. The van der Waals surface area contributed by atoms with Crippen molar-refractivity contribution in [1.29, 1.82) is 0 Å². The molecule has 1 aliphatic rings. The summed E-state index contributed by atoms with van der Waals surface area (Å²) in [5.41, 5.74) is 10.2. The fourth-order valence-electron chi connectivity index (χ4n) is 10.6. The zero-order valence-corrected chi connectivity index (χ0v) is 41.5. The summed E-state index contributed by atoms with van der Waals surface area (Å²) in [6.07, 6.45) is 1.85. The molecule has 0 N–H and O–H groups in total. The van der Waals surface area contributed by atoms with Crippen molar-refractivity contribution in [2.75, 3.05) is 0 Å². The van der Waals surface area contributed by atoms with Gasteiger partial charge in [0, 0.05) is 6.20 Å². The summed E-state index contributed by atoms with van der Waals surface area (Å²) in [7, 11) is 0. The number of rotatable bonds is 7. The first-order chi connectivity index (χ1) is 36.2. The van der Waals surface area contributed by atoms with E-state index < -0.39 is 60.4 Å². The fourth-order valence-corrected chi connectivity index (χ4v) is 11.7. The summed E-state index contributed by atoms with van der Waals surface area (Å²) in [5.74, 6) is 1.97. The maximum absolute atomic E-state index is 9.32. The van der Waals surface area contributed by atoms with Crippen molar-refractivity contribution < 1.29 is 37.8 Å². The average molecular weight is 1070 g/mol. The predicted molar refractivity (Wildman–Crippen MR) is 274 cm³/mol. The summed E-state index contributed by atoms with van der Waals surface area (Å²) >= 11 is 2.21. The van der Waals surface area contributed by atoms with Crippen molar-refractivity contribution in [3.05, 3.63) is 195 Å². The molecular formula is C61H56N4OPt.